The largest absolute Gasteiger partial charge is 0.480 e. The summed E-state index contributed by atoms with van der Waals surface area (Å²) in [5, 5.41) is 17.0. The summed E-state index contributed by atoms with van der Waals surface area (Å²) in [6.07, 6.45) is -0.00648. The molecule has 0 radical (unpaired) electrons. The standard InChI is InChI=1S/C23H36N8O6/c1-13(24)19(33)29-16(9-10-18(25)32)21(35)30-15(8-5-11-28-23(26)27)20(34)31-17(22(36)37)12-14-6-3-2-4-7-14/h2-4,6-7,13,15-17H,5,8-12,24H2,1H3,(H2,25,32)(H,29,33)(H,30,35)(H,31,34)(H,36,37)(H4,26,27,28). The van der Waals surface area contributed by atoms with Crippen LogP contribution in [-0.2, 0) is 30.4 Å². The summed E-state index contributed by atoms with van der Waals surface area (Å²) < 4.78 is 0. The minimum atomic E-state index is -1.27. The molecule has 1 aromatic carbocycles. The van der Waals surface area contributed by atoms with Gasteiger partial charge in [0.05, 0.1) is 6.04 Å². The molecule has 0 saturated heterocycles. The highest BCUT2D eigenvalue weighted by Gasteiger charge is 2.30. The molecular weight excluding hydrogens is 484 g/mol. The summed E-state index contributed by atoms with van der Waals surface area (Å²) in [6.45, 7) is 1.57. The maximum Gasteiger partial charge on any atom is 0.326 e. The van der Waals surface area contributed by atoms with Gasteiger partial charge in [-0.15, -0.1) is 0 Å². The Morgan fingerprint density at radius 3 is 1.92 bits per heavy atom. The second-order valence-electron chi connectivity index (χ2n) is 8.45. The van der Waals surface area contributed by atoms with Crippen molar-refractivity contribution in [3.8, 4) is 0 Å². The molecule has 204 valence electrons. The van der Waals surface area contributed by atoms with Crippen LogP contribution in [0.2, 0.25) is 0 Å². The molecule has 0 saturated carbocycles. The van der Waals surface area contributed by atoms with Crippen LogP contribution in [0.15, 0.2) is 35.3 Å². The number of benzene rings is 1. The first-order chi connectivity index (χ1) is 17.4. The summed E-state index contributed by atoms with van der Waals surface area (Å²) in [5.74, 6) is -4.27. The van der Waals surface area contributed by atoms with Gasteiger partial charge in [-0.3, -0.25) is 24.2 Å². The second-order valence-corrected chi connectivity index (χ2v) is 8.45. The van der Waals surface area contributed by atoms with Crippen molar-refractivity contribution < 1.29 is 29.1 Å². The highest BCUT2D eigenvalue weighted by molar-refractivity contribution is 5.94. The third kappa shape index (κ3) is 12.4. The summed E-state index contributed by atoms with van der Waals surface area (Å²) in [7, 11) is 0. The van der Waals surface area contributed by atoms with E-state index in [2.05, 4.69) is 20.9 Å². The number of hydrogen-bond donors (Lipinski definition) is 8. The number of hydrogen-bond acceptors (Lipinski definition) is 7. The lowest BCUT2D eigenvalue weighted by molar-refractivity contribution is -0.142. The minimum Gasteiger partial charge on any atom is -0.480 e. The number of nitrogens with zero attached hydrogens (tertiary/aromatic N) is 1. The molecule has 0 aliphatic heterocycles. The number of aliphatic imine (C=N–C) groups is 1. The Hall–Kier alpha value is -4.20. The first kappa shape index (κ1) is 30.8. The van der Waals surface area contributed by atoms with Gasteiger partial charge < -0.3 is 44.0 Å². The molecule has 0 aliphatic carbocycles. The van der Waals surface area contributed by atoms with E-state index in [-0.39, 0.29) is 44.6 Å². The predicted octanol–water partition coefficient (Wildman–Crippen LogP) is -2.57. The summed E-state index contributed by atoms with van der Waals surface area (Å²) in [5.41, 5.74) is 22.0. The van der Waals surface area contributed by atoms with Crippen molar-refractivity contribution in [2.45, 2.75) is 63.2 Å². The van der Waals surface area contributed by atoms with Gasteiger partial charge in [0.1, 0.15) is 18.1 Å². The number of rotatable bonds is 16. The van der Waals surface area contributed by atoms with Crippen molar-refractivity contribution in [1.82, 2.24) is 16.0 Å². The molecule has 12 N–H and O–H groups in total. The van der Waals surface area contributed by atoms with Crippen LogP contribution in [0.25, 0.3) is 0 Å². The lowest BCUT2D eigenvalue weighted by Gasteiger charge is -2.25. The van der Waals surface area contributed by atoms with Crippen LogP contribution >= 0.6 is 0 Å². The third-order valence-electron chi connectivity index (χ3n) is 5.20. The molecule has 4 amide bonds. The summed E-state index contributed by atoms with van der Waals surface area (Å²) in [6, 6.07) is 4.10. The van der Waals surface area contributed by atoms with E-state index in [1.54, 1.807) is 30.3 Å². The fraction of sp³-hybridized carbons (Fsp3) is 0.478. The van der Waals surface area contributed by atoms with Crippen LogP contribution < -0.4 is 38.9 Å². The molecule has 1 aromatic rings. The summed E-state index contributed by atoms with van der Waals surface area (Å²) >= 11 is 0. The lowest BCUT2D eigenvalue weighted by atomic mass is 10.0. The lowest BCUT2D eigenvalue weighted by Crippen LogP contribution is -2.57. The van der Waals surface area contributed by atoms with Gasteiger partial charge in [-0.05, 0) is 31.7 Å². The zero-order valence-corrected chi connectivity index (χ0v) is 20.7. The topological polar surface area (TPSA) is 258 Å². The first-order valence-corrected chi connectivity index (χ1v) is 11.7. The van der Waals surface area contributed by atoms with Gasteiger partial charge in [0.2, 0.25) is 23.6 Å². The van der Waals surface area contributed by atoms with Gasteiger partial charge in [-0.1, -0.05) is 30.3 Å². The van der Waals surface area contributed by atoms with Gasteiger partial charge in [0, 0.05) is 19.4 Å². The monoisotopic (exact) mass is 520 g/mol. The predicted molar refractivity (Wildman–Crippen MR) is 136 cm³/mol. The van der Waals surface area contributed by atoms with E-state index >= 15 is 0 Å². The molecule has 0 bridgehead atoms. The molecular formula is C23H36N8O6. The highest BCUT2D eigenvalue weighted by atomic mass is 16.4. The van der Waals surface area contributed by atoms with Crippen LogP contribution in [0.3, 0.4) is 0 Å². The zero-order chi connectivity index (χ0) is 28.0. The molecule has 0 aliphatic rings. The first-order valence-electron chi connectivity index (χ1n) is 11.7. The Kier molecular flexibility index (Phi) is 13.1. The molecule has 4 unspecified atom stereocenters. The molecule has 37 heavy (non-hydrogen) atoms. The number of carboxylic acids is 1. The molecule has 0 heterocycles. The number of carbonyl (C=O) groups is 5. The van der Waals surface area contributed by atoms with Crippen LogP contribution in [0, 0.1) is 0 Å². The fourth-order valence-electron chi connectivity index (χ4n) is 3.23. The van der Waals surface area contributed by atoms with E-state index in [1.165, 1.54) is 6.92 Å². The van der Waals surface area contributed by atoms with Crippen LogP contribution in [0.4, 0.5) is 0 Å². The smallest absolute Gasteiger partial charge is 0.326 e. The fourth-order valence-corrected chi connectivity index (χ4v) is 3.23. The van der Waals surface area contributed by atoms with E-state index in [0.717, 1.165) is 0 Å². The van der Waals surface area contributed by atoms with Gasteiger partial charge in [-0.2, -0.15) is 0 Å². The second kappa shape index (κ2) is 15.7. The molecule has 14 nitrogen and oxygen atoms in total. The molecule has 0 aromatic heterocycles. The number of aliphatic carboxylic acids is 1. The van der Waals surface area contributed by atoms with E-state index in [1.807, 2.05) is 0 Å². The SMILES string of the molecule is CC(N)C(=O)NC(CCC(N)=O)C(=O)NC(CCCN=C(N)N)C(=O)NC(Cc1ccccc1)C(=O)O. The van der Waals surface area contributed by atoms with Gasteiger partial charge in [0.15, 0.2) is 5.96 Å². The highest BCUT2D eigenvalue weighted by Crippen LogP contribution is 2.07. The number of amides is 4. The molecule has 0 fully saturated rings. The Labute approximate surface area is 214 Å². The van der Waals surface area contributed by atoms with Gasteiger partial charge in [0.25, 0.3) is 0 Å². The zero-order valence-electron chi connectivity index (χ0n) is 20.7. The van der Waals surface area contributed by atoms with Gasteiger partial charge >= 0.3 is 5.97 Å². The average molecular weight is 521 g/mol. The minimum absolute atomic E-state index is 0.0161. The molecule has 4 atom stereocenters. The van der Waals surface area contributed by atoms with Gasteiger partial charge in [-0.25, -0.2) is 4.79 Å². The molecule has 14 heteroatoms. The van der Waals surface area contributed by atoms with E-state index in [9.17, 15) is 29.1 Å². The normalized spacial score (nSPS) is 13.8. The quantitative estimate of drug-likeness (QED) is 0.0646. The third-order valence-corrected chi connectivity index (χ3v) is 5.20. The Bertz CT molecular complexity index is 965. The van der Waals surface area contributed by atoms with Crippen LogP contribution in [0.1, 0.15) is 38.2 Å². The van der Waals surface area contributed by atoms with Crippen molar-refractivity contribution in [1.29, 1.82) is 0 Å². The average Bonchev–Trinajstić information content (AvgIpc) is 2.82. The van der Waals surface area contributed by atoms with Crippen molar-refractivity contribution in [3.05, 3.63) is 35.9 Å². The summed E-state index contributed by atoms with van der Waals surface area (Å²) in [4.78, 5) is 65.0. The number of carboxylic acid groups (broad SMARTS) is 1. The number of guanidine groups is 1. The van der Waals surface area contributed by atoms with Crippen molar-refractivity contribution >= 4 is 35.6 Å². The number of primary amides is 1. The van der Waals surface area contributed by atoms with Crippen LogP contribution in [-0.4, -0.2) is 71.4 Å². The van der Waals surface area contributed by atoms with E-state index < -0.39 is 53.8 Å². The maximum atomic E-state index is 13.1. The van der Waals surface area contributed by atoms with Crippen LogP contribution in [0.5, 0.6) is 0 Å². The molecule has 0 spiro atoms. The van der Waals surface area contributed by atoms with Crippen molar-refractivity contribution in [2.75, 3.05) is 6.54 Å². The number of nitrogens with two attached hydrogens (primary N) is 4. The maximum absolute atomic E-state index is 13.1. The molecule has 1 rings (SSSR count). The van der Waals surface area contributed by atoms with Crippen molar-refractivity contribution in [2.24, 2.45) is 27.9 Å². The van der Waals surface area contributed by atoms with Crippen molar-refractivity contribution in [3.63, 3.8) is 0 Å². The number of nitrogens with one attached hydrogen (secondary N) is 3. The van der Waals surface area contributed by atoms with E-state index in [0.29, 0.717) is 5.56 Å². The Morgan fingerprint density at radius 2 is 1.41 bits per heavy atom. The Balaban J connectivity index is 3.06. The Morgan fingerprint density at radius 1 is 0.865 bits per heavy atom. The van der Waals surface area contributed by atoms with E-state index in [4.69, 9.17) is 22.9 Å². The number of carbonyl (C=O) groups excluding carboxylic acids is 4.